The number of unbranched alkanes of at least 4 members (excludes halogenated alkanes) is 1. The van der Waals surface area contributed by atoms with E-state index in [0.717, 1.165) is 46.1 Å². The van der Waals surface area contributed by atoms with Crippen molar-refractivity contribution >= 4 is 78.3 Å². The predicted octanol–water partition coefficient (Wildman–Crippen LogP) is 3.51. The van der Waals surface area contributed by atoms with Crippen LogP contribution in [-0.4, -0.2) is 207 Å². The zero-order valence-electron chi connectivity index (χ0n) is 53.3. The van der Waals surface area contributed by atoms with Gasteiger partial charge >= 0.3 is 13.8 Å². The van der Waals surface area contributed by atoms with Crippen LogP contribution in [0.2, 0.25) is 0 Å². The summed E-state index contributed by atoms with van der Waals surface area (Å²) in [7, 11) is -0.0195. The molecule has 1 aromatic heterocycles. The van der Waals surface area contributed by atoms with Crippen molar-refractivity contribution in [2.45, 2.75) is 154 Å². The van der Waals surface area contributed by atoms with E-state index in [4.69, 9.17) is 15.0 Å². The Kier molecular flexibility index (Phi) is 27.4. The van der Waals surface area contributed by atoms with Crippen LogP contribution >= 0.6 is 19.2 Å². The van der Waals surface area contributed by atoms with Crippen molar-refractivity contribution < 1.29 is 71.6 Å². The average molecular weight is 1300 g/mol. The van der Waals surface area contributed by atoms with Gasteiger partial charge in [-0.2, -0.15) is 0 Å². The molecular weight excluding hydrogens is 1210 g/mol. The maximum Gasteiger partial charge on any atom is 0.524 e. The lowest BCUT2D eigenvalue weighted by Crippen LogP contribution is -2.59. The molecule has 0 radical (unpaired) electrons. The number of likely N-dealkylation sites (N-methyl/N-ethyl adjacent to an activating group) is 3. The molecule has 9 amide bonds. The van der Waals surface area contributed by atoms with Crippen LogP contribution in [0.15, 0.2) is 72.1 Å². The molecule has 0 saturated carbocycles. The number of piperidine rings is 1. The molecule has 498 valence electrons. The second-order valence-corrected chi connectivity index (χ2v) is 26.0. The lowest BCUT2D eigenvalue weighted by atomic mass is 9.92. The smallest absolute Gasteiger partial charge is 0.455 e. The Morgan fingerprint density at radius 2 is 1.44 bits per heavy atom. The molecule has 28 heteroatoms. The number of phosphoric ester groups is 1. The number of likely N-dealkylation sites (tertiary alicyclic amines) is 1. The molecule has 2 saturated heterocycles. The SMILES string of the molecule is CC[C@H](C)[C@H](NC(=O)[C@H]1CCCCN1C)C(=O)N(C)[C@H](C[C@@H](OC(C)=O)c1nc(C(=O)N(C)[C@@H](Cc2ccc(OP(=O)(O)O)cc2)C(=O)N[C@H](CCCCN)C(=O)N[C@@H](Cc2ccccc2)C(=O)N2CCN(C(=O)CCCN3C(=O)C=CC3=O)CC2)cs1)C(C)C. The number of aromatic nitrogens is 1. The molecular formula is C63H90N11O15PS. The number of nitrogens with zero attached hydrogens (tertiary/aromatic N) is 7. The van der Waals surface area contributed by atoms with Crippen molar-refractivity contribution in [3.63, 3.8) is 0 Å². The van der Waals surface area contributed by atoms with Crippen molar-refractivity contribution in [3.05, 3.63) is 94.0 Å². The van der Waals surface area contributed by atoms with Crippen LogP contribution in [-0.2, 0) is 65.3 Å². The Labute approximate surface area is 536 Å². The van der Waals surface area contributed by atoms with Crippen molar-refractivity contribution in [1.82, 2.24) is 50.3 Å². The van der Waals surface area contributed by atoms with Gasteiger partial charge in [-0.1, -0.05) is 83.0 Å². The summed E-state index contributed by atoms with van der Waals surface area (Å²) < 4.78 is 22.3. The molecule has 3 aliphatic rings. The molecule has 3 aromatic rings. The number of hydrogen-bond donors (Lipinski definition) is 6. The van der Waals surface area contributed by atoms with E-state index < -0.39 is 85.5 Å². The van der Waals surface area contributed by atoms with E-state index in [1.165, 1.54) is 55.8 Å². The molecule has 8 atom stereocenters. The maximum absolute atomic E-state index is 15.0. The Bertz CT molecular complexity index is 3080. The largest absolute Gasteiger partial charge is 0.524 e. The predicted molar refractivity (Wildman–Crippen MR) is 338 cm³/mol. The minimum absolute atomic E-state index is 0.0628. The number of esters is 1. The minimum atomic E-state index is -4.95. The highest BCUT2D eigenvalue weighted by molar-refractivity contribution is 7.46. The first-order chi connectivity index (χ1) is 43.2. The van der Waals surface area contributed by atoms with Gasteiger partial charge in [-0.3, -0.25) is 67.5 Å². The molecule has 26 nitrogen and oxygen atoms in total. The van der Waals surface area contributed by atoms with Gasteiger partial charge in [0.15, 0.2) is 6.10 Å². The number of imide groups is 1. The summed E-state index contributed by atoms with van der Waals surface area (Å²) in [5.74, 6) is -5.51. The van der Waals surface area contributed by atoms with Crippen LogP contribution in [0.4, 0.5) is 0 Å². The highest BCUT2D eigenvalue weighted by atomic mass is 32.1. The Morgan fingerprint density at radius 3 is 2.04 bits per heavy atom. The summed E-state index contributed by atoms with van der Waals surface area (Å²) in [6.45, 7) is 10.7. The van der Waals surface area contributed by atoms with E-state index in [-0.39, 0.29) is 130 Å². The fraction of sp³-hybridized carbons (Fsp3) is 0.571. The molecule has 0 spiro atoms. The number of phosphoric acid groups is 1. The zero-order valence-corrected chi connectivity index (χ0v) is 55.0. The van der Waals surface area contributed by atoms with Gasteiger partial charge in [0.05, 0.1) is 6.04 Å². The third-order valence-corrected chi connectivity index (χ3v) is 18.4. The van der Waals surface area contributed by atoms with Crippen molar-refractivity contribution in [1.29, 1.82) is 0 Å². The standard InChI is InChI=1S/C63H90N11O15PS/c1-9-41(4)56(68-58(80)49-21-14-16-30-69(49)6)63(84)70(7)50(40(2)3)38-52(88-42(5)75)60-67-48(39-91-60)61(82)71(8)51(37-44-23-25-45(26-24-44)89-90(85,86)87)59(81)65-46(20-13-15-29-64)57(79)66-47(36-43-18-11-10-12-19-43)62(83)73-34-32-72(33-35-73)53(76)22-17-31-74-54(77)27-28-55(74)78/h10-12,18-19,23-28,39-41,46-47,49-52,56H,9,13-17,20-22,29-38,64H2,1-8H3,(H,65,81)(H,66,79)(H,68,80)(H2,85,86,87)/t41-,46+,47-,49+,50+,51-,52+,56-/m0/s1. The first-order valence-corrected chi connectivity index (χ1v) is 33.6. The molecule has 3 aliphatic heterocycles. The number of hydrogen-bond acceptors (Lipinski definition) is 17. The van der Waals surface area contributed by atoms with Gasteiger partial charge in [0.25, 0.3) is 17.7 Å². The zero-order chi connectivity index (χ0) is 66.7. The first kappa shape index (κ1) is 72.6. The van der Waals surface area contributed by atoms with Crippen LogP contribution in [0.5, 0.6) is 5.75 Å². The maximum atomic E-state index is 15.0. The Morgan fingerprint density at radius 1 is 0.802 bits per heavy atom. The fourth-order valence-corrected chi connectivity index (χ4v) is 12.7. The Balaban J connectivity index is 1.23. The van der Waals surface area contributed by atoms with Gasteiger partial charge in [0.2, 0.25) is 35.4 Å². The molecule has 91 heavy (non-hydrogen) atoms. The third-order valence-electron chi connectivity index (χ3n) is 17.0. The number of rotatable bonds is 32. The summed E-state index contributed by atoms with van der Waals surface area (Å²) in [4.78, 5) is 170. The first-order valence-electron chi connectivity index (χ1n) is 31.2. The summed E-state index contributed by atoms with van der Waals surface area (Å²) in [6.07, 6.45) is 5.63. The second kappa shape index (κ2) is 34.3. The molecule has 7 N–H and O–H groups in total. The number of ether oxygens (including phenoxy) is 1. The summed E-state index contributed by atoms with van der Waals surface area (Å²) in [5, 5.41) is 10.5. The number of benzene rings is 2. The van der Waals surface area contributed by atoms with Crippen LogP contribution in [0.25, 0.3) is 0 Å². The van der Waals surface area contributed by atoms with Gasteiger partial charge in [0, 0.05) is 103 Å². The lowest BCUT2D eigenvalue weighted by molar-refractivity contribution is -0.149. The van der Waals surface area contributed by atoms with E-state index >= 15 is 4.79 Å². The number of amides is 9. The summed E-state index contributed by atoms with van der Waals surface area (Å²) >= 11 is 1.03. The van der Waals surface area contributed by atoms with Gasteiger partial charge in [0.1, 0.15) is 40.6 Å². The lowest BCUT2D eigenvalue weighted by Gasteiger charge is -2.38. The fourth-order valence-electron chi connectivity index (χ4n) is 11.5. The minimum Gasteiger partial charge on any atom is -0.455 e. The van der Waals surface area contributed by atoms with Gasteiger partial charge in [-0.05, 0) is 93.8 Å². The Hall–Kier alpha value is -7.42. The normalized spacial score (nSPS) is 17.7. The number of nitrogens with two attached hydrogens (primary N) is 1. The van der Waals surface area contributed by atoms with E-state index in [1.54, 1.807) is 33.9 Å². The molecule has 6 rings (SSSR count). The van der Waals surface area contributed by atoms with E-state index in [1.807, 2.05) is 57.8 Å². The quantitative estimate of drug-likeness (QED) is 0.0225. The summed E-state index contributed by atoms with van der Waals surface area (Å²) in [5.41, 5.74) is 6.91. The van der Waals surface area contributed by atoms with Crippen LogP contribution < -0.4 is 26.2 Å². The highest BCUT2D eigenvalue weighted by Crippen LogP contribution is 2.38. The molecule has 0 unspecified atom stereocenters. The molecule has 2 aromatic carbocycles. The van der Waals surface area contributed by atoms with Crippen LogP contribution in [0, 0.1) is 11.8 Å². The van der Waals surface area contributed by atoms with Crippen molar-refractivity contribution in [3.8, 4) is 5.75 Å². The number of piperazine rings is 1. The molecule has 0 bridgehead atoms. The second-order valence-electron chi connectivity index (χ2n) is 24.0. The summed E-state index contributed by atoms with van der Waals surface area (Å²) in [6, 6.07) is 8.90. The highest BCUT2D eigenvalue weighted by Gasteiger charge is 2.40. The van der Waals surface area contributed by atoms with Crippen LogP contribution in [0.1, 0.15) is 132 Å². The average Bonchev–Trinajstić information content (AvgIpc) is 1.95. The van der Waals surface area contributed by atoms with E-state index in [9.17, 15) is 57.5 Å². The van der Waals surface area contributed by atoms with Gasteiger partial charge in [-0.25, -0.2) is 9.55 Å². The molecule has 0 aliphatic carbocycles. The van der Waals surface area contributed by atoms with Crippen LogP contribution in [0.3, 0.4) is 0 Å². The number of carbonyl (C=O) groups is 10. The van der Waals surface area contributed by atoms with Crippen molar-refractivity contribution in [2.75, 3.05) is 67.0 Å². The molecule has 2 fully saturated rings. The van der Waals surface area contributed by atoms with E-state index in [0.29, 0.717) is 31.2 Å². The van der Waals surface area contributed by atoms with E-state index in [2.05, 4.69) is 20.9 Å². The number of carbonyl (C=O) groups excluding carboxylic acids is 10. The van der Waals surface area contributed by atoms with Gasteiger partial charge in [-0.15, -0.1) is 11.3 Å². The molecule has 4 heterocycles. The number of nitrogens with one attached hydrogen (secondary N) is 3. The van der Waals surface area contributed by atoms with Gasteiger partial charge < -0.3 is 50.5 Å². The van der Waals surface area contributed by atoms with Crippen molar-refractivity contribution in [2.24, 2.45) is 17.6 Å². The third kappa shape index (κ3) is 21.1. The monoisotopic (exact) mass is 1300 g/mol. The topological polar surface area (TPSA) is 341 Å². The number of thiazole rings is 1.